The minimum absolute atomic E-state index is 0.119. The van der Waals surface area contributed by atoms with E-state index in [1.807, 2.05) is 0 Å². The van der Waals surface area contributed by atoms with E-state index in [2.05, 4.69) is 23.8 Å². The molecule has 0 amide bonds. The normalized spacial score (nSPS) is 22.8. The summed E-state index contributed by atoms with van der Waals surface area (Å²) in [5.74, 6) is 1.57. The van der Waals surface area contributed by atoms with Crippen LogP contribution < -0.4 is 0 Å². The van der Waals surface area contributed by atoms with Crippen molar-refractivity contribution in [2.45, 2.75) is 95.6 Å². The van der Waals surface area contributed by atoms with Gasteiger partial charge in [-0.2, -0.15) is 12.6 Å². The van der Waals surface area contributed by atoms with Gasteiger partial charge in [-0.1, -0.05) is 31.9 Å². The van der Waals surface area contributed by atoms with Gasteiger partial charge in [0, 0.05) is 24.5 Å². The Morgan fingerprint density at radius 2 is 1.81 bits per heavy atom. The number of ketones is 1. The molecule has 3 nitrogen and oxygen atoms in total. The van der Waals surface area contributed by atoms with Crippen molar-refractivity contribution in [3.8, 4) is 0 Å². The summed E-state index contributed by atoms with van der Waals surface area (Å²) in [4.78, 5) is 23.1. The van der Waals surface area contributed by atoms with Gasteiger partial charge in [-0.3, -0.25) is 9.59 Å². The maximum atomic E-state index is 12.0. The molecule has 1 aliphatic rings. The number of carbonyl (C=O) groups is 2. The van der Waals surface area contributed by atoms with Gasteiger partial charge < -0.3 is 4.74 Å². The molecule has 3 atom stereocenters. The zero-order chi connectivity index (χ0) is 19.2. The molecular weight excluding hydrogens is 344 g/mol. The maximum Gasteiger partial charge on any atom is 0.305 e. The Bertz CT molecular complexity index is 433. The fraction of sp³-hybridized carbons (Fsp3) is 0.818. The van der Waals surface area contributed by atoms with Gasteiger partial charge in [-0.25, -0.2) is 0 Å². The van der Waals surface area contributed by atoms with Crippen molar-refractivity contribution >= 4 is 24.4 Å². The Kier molecular flexibility index (Phi) is 12.8. The predicted octanol–water partition coefficient (Wildman–Crippen LogP) is 5.92. The highest BCUT2D eigenvalue weighted by molar-refractivity contribution is 7.81. The van der Waals surface area contributed by atoms with E-state index in [0.717, 1.165) is 57.8 Å². The van der Waals surface area contributed by atoms with Crippen LogP contribution in [0.4, 0.5) is 0 Å². The highest BCUT2D eigenvalue weighted by atomic mass is 32.1. The highest BCUT2D eigenvalue weighted by Gasteiger charge is 2.33. The van der Waals surface area contributed by atoms with E-state index in [1.165, 1.54) is 26.4 Å². The first kappa shape index (κ1) is 23.3. The number of allylic oxidation sites excluding steroid dienone is 2. The van der Waals surface area contributed by atoms with Crippen molar-refractivity contribution in [2.24, 2.45) is 11.8 Å². The van der Waals surface area contributed by atoms with Crippen LogP contribution >= 0.6 is 12.6 Å². The molecule has 0 N–H and O–H groups in total. The van der Waals surface area contributed by atoms with Gasteiger partial charge in [-0.15, -0.1) is 0 Å². The second-order valence-corrected chi connectivity index (χ2v) is 8.30. The third-order valence-electron chi connectivity index (χ3n) is 5.58. The van der Waals surface area contributed by atoms with Crippen molar-refractivity contribution in [1.29, 1.82) is 0 Å². The number of methoxy groups -OCH3 is 1. The molecule has 1 rings (SSSR count). The lowest BCUT2D eigenvalue weighted by Crippen LogP contribution is -2.16. The summed E-state index contributed by atoms with van der Waals surface area (Å²) in [5.41, 5.74) is 0. The minimum atomic E-state index is -0.119. The molecule has 1 aliphatic carbocycles. The molecule has 0 spiro atoms. The number of carbonyl (C=O) groups excluding carboxylic acids is 2. The summed E-state index contributed by atoms with van der Waals surface area (Å²) in [7, 11) is 1.44. The molecule has 0 aromatic carbocycles. The lowest BCUT2D eigenvalue weighted by molar-refractivity contribution is -0.140. The zero-order valence-electron chi connectivity index (χ0n) is 16.8. The fourth-order valence-electron chi connectivity index (χ4n) is 3.90. The average molecular weight is 383 g/mol. The van der Waals surface area contributed by atoms with Gasteiger partial charge in [0.15, 0.2) is 0 Å². The monoisotopic (exact) mass is 382 g/mol. The Balaban J connectivity index is 2.22. The van der Waals surface area contributed by atoms with Crippen LogP contribution in [0.2, 0.25) is 0 Å². The molecular formula is C22H38O3S. The van der Waals surface area contributed by atoms with Gasteiger partial charge in [0.05, 0.1) is 7.11 Å². The summed E-state index contributed by atoms with van der Waals surface area (Å²) >= 11 is 4.78. The van der Waals surface area contributed by atoms with E-state index in [9.17, 15) is 9.59 Å². The number of ether oxygens (including phenoxy) is 1. The number of rotatable bonds is 14. The molecule has 1 saturated carbocycles. The van der Waals surface area contributed by atoms with Gasteiger partial charge in [0.2, 0.25) is 0 Å². The first-order valence-corrected chi connectivity index (χ1v) is 11.0. The number of thiol groups is 1. The Morgan fingerprint density at radius 1 is 1.04 bits per heavy atom. The van der Waals surface area contributed by atoms with E-state index in [0.29, 0.717) is 29.3 Å². The molecule has 0 unspecified atom stereocenters. The third kappa shape index (κ3) is 9.80. The van der Waals surface area contributed by atoms with Crippen molar-refractivity contribution in [1.82, 2.24) is 0 Å². The lowest BCUT2D eigenvalue weighted by atomic mass is 9.87. The van der Waals surface area contributed by atoms with Crippen molar-refractivity contribution in [2.75, 3.05) is 7.11 Å². The first-order chi connectivity index (χ1) is 12.6. The zero-order valence-corrected chi connectivity index (χ0v) is 17.6. The highest BCUT2D eigenvalue weighted by Crippen LogP contribution is 2.40. The molecule has 0 radical (unpaired) electrons. The molecule has 0 bridgehead atoms. The summed E-state index contributed by atoms with van der Waals surface area (Å²) < 4.78 is 4.65. The van der Waals surface area contributed by atoms with E-state index in [4.69, 9.17) is 12.6 Å². The van der Waals surface area contributed by atoms with Crippen LogP contribution in [0.5, 0.6) is 0 Å². The van der Waals surface area contributed by atoms with Crippen LogP contribution in [-0.2, 0) is 14.3 Å². The van der Waals surface area contributed by atoms with E-state index in [-0.39, 0.29) is 5.97 Å². The topological polar surface area (TPSA) is 43.4 Å². The van der Waals surface area contributed by atoms with Crippen LogP contribution in [0.1, 0.15) is 90.4 Å². The molecule has 0 aliphatic heterocycles. The molecule has 0 aromatic heterocycles. The summed E-state index contributed by atoms with van der Waals surface area (Å²) in [6, 6.07) is 0. The van der Waals surface area contributed by atoms with Crippen LogP contribution in [0.3, 0.4) is 0 Å². The Hall–Kier alpha value is -0.770. The number of unbranched alkanes of at least 4 members (excludes halogenated alkanes) is 4. The van der Waals surface area contributed by atoms with Crippen molar-refractivity contribution < 1.29 is 14.3 Å². The van der Waals surface area contributed by atoms with E-state index in [1.54, 1.807) is 0 Å². The molecule has 150 valence electrons. The van der Waals surface area contributed by atoms with Gasteiger partial charge in [0.25, 0.3) is 0 Å². The van der Waals surface area contributed by atoms with Crippen LogP contribution in [0.15, 0.2) is 12.2 Å². The number of Topliss-reactive ketones (excluding diaryl/α,β-unsaturated/α-hetero) is 1. The van der Waals surface area contributed by atoms with Crippen molar-refractivity contribution in [3.63, 3.8) is 0 Å². The lowest BCUT2D eigenvalue weighted by Gasteiger charge is -2.21. The standard InChI is InChI=1S/C22H38O3S/c1-3-4-8-12-19(23)15-16-20-18(14-17-21(20)26)11-9-6-5-7-10-13-22(24)25-2/h6,9,18,20-21,26H,3-5,7-8,10-17H2,1-2H3/b9-6-/t18-,20+,21+/m0/s1. The second kappa shape index (κ2) is 14.3. The third-order valence-corrected chi connectivity index (χ3v) is 6.22. The smallest absolute Gasteiger partial charge is 0.305 e. The largest absolute Gasteiger partial charge is 0.469 e. The number of hydrogen-bond acceptors (Lipinski definition) is 4. The van der Waals surface area contributed by atoms with E-state index < -0.39 is 0 Å². The molecule has 0 saturated heterocycles. The fourth-order valence-corrected chi connectivity index (χ4v) is 4.44. The van der Waals surface area contributed by atoms with Crippen molar-refractivity contribution in [3.05, 3.63) is 12.2 Å². The summed E-state index contributed by atoms with van der Waals surface area (Å²) in [6.07, 6.45) is 17.4. The molecule has 0 aromatic rings. The second-order valence-electron chi connectivity index (χ2n) is 7.63. The minimum Gasteiger partial charge on any atom is -0.469 e. The average Bonchev–Trinajstić information content (AvgIpc) is 2.98. The number of hydrogen-bond donors (Lipinski definition) is 1. The summed E-state index contributed by atoms with van der Waals surface area (Å²) in [5, 5.41) is 0.455. The van der Waals surface area contributed by atoms with Gasteiger partial charge in [-0.05, 0) is 63.2 Å². The molecule has 4 heteroatoms. The molecule has 0 heterocycles. The Labute approximate surface area is 165 Å². The first-order valence-electron chi connectivity index (χ1n) is 10.5. The van der Waals surface area contributed by atoms with Crippen LogP contribution in [0.25, 0.3) is 0 Å². The molecule has 1 fully saturated rings. The van der Waals surface area contributed by atoms with Gasteiger partial charge >= 0.3 is 5.97 Å². The molecule has 26 heavy (non-hydrogen) atoms. The number of esters is 1. The van der Waals surface area contributed by atoms with Crippen LogP contribution in [0, 0.1) is 11.8 Å². The van der Waals surface area contributed by atoms with E-state index >= 15 is 0 Å². The summed E-state index contributed by atoms with van der Waals surface area (Å²) in [6.45, 7) is 2.17. The quantitative estimate of drug-likeness (QED) is 0.175. The SMILES string of the molecule is CCCCCC(=O)CC[C@@H]1[C@@H](C/C=C\CCCCC(=O)OC)CC[C@H]1S. The Morgan fingerprint density at radius 3 is 2.54 bits per heavy atom. The predicted molar refractivity (Wildman–Crippen MR) is 112 cm³/mol. The maximum absolute atomic E-state index is 12.0. The van der Waals surface area contributed by atoms with Gasteiger partial charge in [0.1, 0.15) is 5.78 Å². The van der Waals surface area contributed by atoms with Crippen LogP contribution in [-0.4, -0.2) is 24.1 Å².